The number of rotatable bonds is 7. The quantitative estimate of drug-likeness (QED) is 0.608. The highest BCUT2D eigenvalue weighted by molar-refractivity contribution is 4.79. The fourth-order valence-corrected chi connectivity index (χ4v) is 1.52. The molecule has 0 heterocycles. The molecule has 0 aromatic carbocycles. The fraction of sp³-hybridized carbons (Fsp3) is 1.00. The highest BCUT2D eigenvalue weighted by Gasteiger charge is 2.27. The molecule has 1 saturated carbocycles. The predicted molar refractivity (Wildman–Crippen MR) is 52.6 cm³/mol. The number of hydrogen-bond donors (Lipinski definition) is 1. The summed E-state index contributed by atoms with van der Waals surface area (Å²) < 4.78 is 10.1. The van der Waals surface area contributed by atoms with Gasteiger partial charge in [-0.2, -0.15) is 0 Å². The maximum Gasteiger partial charge on any atom is 0.169 e. The molecular weight excluding hydrogens is 166 g/mol. The molecule has 3 nitrogen and oxygen atoms in total. The van der Waals surface area contributed by atoms with Crippen LogP contribution in [0.3, 0.4) is 0 Å². The number of hydrogen-bond acceptors (Lipinski definition) is 3. The van der Waals surface area contributed by atoms with E-state index in [1.807, 2.05) is 0 Å². The summed E-state index contributed by atoms with van der Waals surface area (Å²) in [4.78, 5) is 0. The average molecular weight is 187 g/mol. The summed E-state index contributed by atoms with van der Waals surface area (Å²) in [5, 5.41) is 3.36. The first-order valence-electron chi connectivity index (χ1n) is 5.04. The molecule has 0 spiro atoms. The van der Waals surface area contributed by atoms with Crippen LogP contribution in [0, 0.1) is 11.8 Å². The Morgan fingerprint density at radius 3 is 2.31 bits per heavy atom. The van der Waals surface area contributed by atoms with Gasteiger partial charge in [-0.05, 0) is 31.2 Å². The zero-order valence-electron chi connectivity index (χ0n) is 8.88. The summed E-state index contributed by atoms with van der Waals surface area (Å²) in [5.74, 6) is 1.77. The Kier molecular flexibility index (Phi) is 4.70. The van der Waals surface area contributed by atoms with Crippen molar-refractivity contribution in [3.05, 3.63) is 0 Å². The molecule has 0 radical (unpaired) electrons. The molecule has 1 unspecified atom stereocenters. The Hall–Kier alpha value is -0.120. The van der Waals surface area contributed by atoms with Crippen LogP contribution >= 0.6 is 0 Å². The van der Waals surface area contributed by atoms with E-state index >= 15 is 0 Å². The van der Waals surface area contributed by atoms with Crippen molar-refractivity contribution in [1.82, 2.24) is 5.32 Å². The van der Waals surface area contributed by atoms with Gasteiger partial charge in [0.2, 0.25) is 0 Å². The lowest BCUT2D eigenvalue weighted by molar-refractivity contribution is -0.0989. The molecule has 78 valence electrons. The molecule has 0 bridgehead atoms. The molecular formula is C10H21NO2. The summed E-state index contributed by atoms with van der Waals surface area (Å²) >= 11 is 0. The SMILES string of the molecule is COC(CNCC(C)C1CC1)OC. The molecule has 3 heteroatoms. The molecule has 1 fully saturated rings. The van der Waals surface area contributed by atoms with E-state index in [0.29, 0.717) is 0 Å². The Labute approximate surface area is 80.8 Å². The van der Waals surface area contributed by atoms with Gasteiger partial charge in [-0.1, -0.05) is 6.92 Å². The van der Waals surface area contributed by atoms with Gasteiger partial charge >= 0.3 is 0 Å². The van der Waals surface area contributed by atoms with Gasteiger partial charge in [-0.15, -0.1) is 0 Å². The minimum atomic E-state index is -0.105. The first-order chi connectivity index (χ1) is 6.27. The molecule has 1 aliphatic rings. The zero-order valence-corrected chi connectivity index (χ0v) is 8.88. The number of ether oxygens (including phenoxy) is 2. The van der Waals surface area contributed by atoms with Gasteiger partial charge in [-0.25, -0.2) is 0 Å². The largest absolute Gasteiger partial charge is 0.355 e. The summed E-state index contributed by atoms with van der Waals surface area (Å²) in [7, 11) is 3.33. The van der Waals surface area contributed by atoms with Crippen LogP contribution in [0.15, 0.2) is 0 Å². The second-order valence-electron chi connectivity index (χ2n) is 3.87. The minimum absolute atomic E-state index is 0.105. The van der Waals surface area contributed by atoms with Crippen LogP contribution in [0.25, 0.3) is 0 Å². The van der Waals surface area contributed by atoms with Gasteiger partial charge in [0.15, 0.2) is 6.29 Å². The number of methoxy groups -OCH3 is 2. The van der Waals surface area contributed by atoms with Crippen LogP contribution in [0.2, 0.25) is 0 Å². The summed E-state index contributed by atoms with van der Waals surface area (Å²) in [6, 6.07) is 0. The van der Waals surface area contributed by atoms with Gasteiger partial charge in [0.05, 0.1) is 0 Å². The highest BCUT2D eigenvalue weighted by atomic mass is 16.7. The van der Waals surface area contributed by atoms with Gasteiger partial charge in [-0.3, -0.25) is 0 Å². The molecule has 0 amide bonds. The van der Waals surface area contributed by atoms with Crippen molar-refractivity contribution >= 4 is 0 Å². The Bertz CT molecular complexity index is 131. The molecule has 0 saturated heterocycles. The smallest absolute Gasteiger partial charge is 0.169 e. The second-order valence-corrected chi connectivity index (χ2v) is 3.87. The lowest BCUT2D eigenvalue weighted by atomic mass is 10.1. The van der Waals surface area contributed by atoms with Crippen LogP contribution < -0.4 is 5.32 Å². The summed E-state index contributed by atoms with van der Waals surface area (Å²) in [6.07, 6.45) is 2.73. The number of nitrogens with one attached hydrogen (secondary N) is 1. The second kappa shape index (κ2) is 5.58. The van der Waals surface area contributed by atoms with Crippen LogP contribution in [0.1, 0.15) is 19.8 Å². The van der Waals surface area contributed by atoms with Crippen LogP contribution in [0.4, 0.5) is 0 Å². The van der Waals surface area contributed by atoms with Crippen LogP contribution in [0.5, 0.6) is 0 Å². The summed E-state index contributed by atoms with van der Waals surface area (Å²) in [5.41, 5.74) is 0. The van der Waals surface area contributed by atoms with Crippen molar-refractivity contribution in [1.29, 1.82) is 0 Å². The van der Waals surface area contributed by atoms with E-state index in [-0.39, 0.29) is 6.29 Å². The van der Waals surface area contributed by atoms with Gasteiger partial charge in [0.25, 0.3) is 0 Å². The van der Waals surface area contributed by atoms with Crippen molar-refractivity contribution in [3.8, 4) is 0 Å². The monoisotopic (exact) mass is 187 g/mol. The normalized spacial score (nSPS) is 19.4. The van der Waals surface area contributed by atoms with Gasteiger partial charge < -0.3 is 14.8 Å². The molecule has 1 rings (SSSR count). The standard InChI is InChI=1S/C10H21NO2/c1-8(9-4-5-9)6-11-7-10(12-2)13-3/h8-11H,4-7H2,1-3H3. The van der Waals surface area contributed by atoms with Gasteiger partial charge in [0, 0.05) is 20.8 Å². The first kappa shape index (κ1) is 11.0. The third-order valence-electron chi connectivity index (χ3n) is 2.73. The van der Waals surface area contributed by atoms with E-state index in [4.69, 9.17) is 9.47 Å². The molecule has 0 aliphatic heterocycles. The first-order valence-corrected chi connectivity index (χ1v) is 5.04. The van der Waals surface area contributed by atoms with E-state index in [1.165, 1.54) is 12.8 Å². The van der Waals surface area contributed by atoms with E-state index in [0.717, 1.165) is 24.9 Å². The Morgan fingerprint density at radius 2 is 1.85 bits per heavy atom. The van der Waals surface area contributed by atoms with E-state index in [2.05, 4.69) is 12.2 Å². The van der Waals surface area contributed by atoms with Crippen molar-refractivity contribution in [2.75, 3.05) is 27.3 Å². The van der Waals surface area contributed by atoms with Crippen molar-refractivity contribution in [3.63, 3.8) is 0 Å². The minimum Gasteiger partial charge on any atom is -0.355 e. The van der Waals surface area contributed by atoms with Crippen molar-refractivity contribution in [2.45, 2.75) is 26.1 Å². The molecule has 13 heavy (non-hydrogen) atoms. The van der Waals surface area contributed by atoms with Crippen LogP contribution in [-0.2, 0) is 9.47 Å². The Morgan fingerprint density at radius 1 is 1.23 bits per heavy atom. The maximum atomic E-state index is 5.07. The maximum absolute atomic E-state index is 5.07. The van der Waals surface area contributed by atoms with Gasteiger partial charge in [0.1, 0.15) is 0 Å². The lowest BCUT2D eigenvalue weighted by Gasteiger charge is -2.16. The van der Waals surface area contributed by atoms with E-state index < -0.39 is 0 Å². The molecule has 1 aliphatic carbocycles. The third kappa shape index (κ3) is 4.07. The van der Waals surface area contributed by atoms with Crippen molar-refractivity contribution in [2.24, 2.45) is 11.8 Å². The highest BCUT2D eigenvalue weighted by Crippen LogP contribution is 2.35. The Balaban J connectivity index is 1.98. The molecule has 0 aromatic rings. The van der Waals surface area contributed by atoms with E-state index in [9.17, 15) is 0 Å². The molecule has 0 aromatic heterocycles. The van der Waals surface area contributed by atoms with Crippen LogP contribution in [-0.4, -0.2) is 33.6 Å². The lowest BCUT2D eigenvalue weighted by Crippen LogP contribution is -2.32. The summed E-state index contributed by atoms with van der Waals surface area (Å²) in [6.45, 7) is 4.16. The fourth-order valence-electron chi connectivity index (χ4n) is 1.52. The predicted octanol–water partition coefficient (Wildman–Crippen LogP) is 1.24. The third-order valence-corrected chi connectivity index (χ3v) is 2.73. The zero-order chi connectivity index (χ0) is 9.68. The molecule has 1 N–H and O–H groups in total. The average Bonchev–Trinajstić information content (AvgIpc) is 2.95. The topological polar surface area (TPSA) is 30.5 Å². The van der Waals surface area contributed by atoms with Crippen molar-refractivity contribution < 1.29 is 9.47 Å². The van der Waals surface area contributed by atoms with E-state index in [1.54, 1.807) is 14.2 Å². The molecule has 1 atom stereocenters.